The van der Waals surface area contributed by atoms with Crippen molar-refractivity contribution in [1.29, 1.82) is 0 Å². The Bertz CT molecular complexity index is 2170. The number of imidazole rings is 1. The quantitative estimate of drug-likeness (QED) is 0.0850. The maximum atomic E-state index is 13.4. The summed E-state index contributed by atoms with van der Waals surface area (Å²) in [6.45, 7) is 13.0. The van der Waals surface area contributed by atoms with E-state index in [1.54, 1.807) is 26.8 Å². The van der Waals surface area contributed by atoms with E-state index in [1.807, 2.05) is 41.5 Å². The number of nitrogen functional groups attached to an aromatic ring is 1. The highest BCUT2D eigenvalue weighted by Crippen LogP contribution is 2.35. The van der Waals surface area contributed by atoms with Gasteiger partial charge >= 0.3 is 18.4 Å². The van der Waals surface area contributed by atoms with Crippen LogP contribution in [0.5, 0.6) is 0 Å². The molecule has 2 aliphatic carbocycles. The molecule has 0 atom stereocenters. The fourth-order valence-corrected chi connectivity index (χ4v) is 7.70. The fraction of sp³-hybridized carbons (Fsp3) is 0.595. The summed E-state index contributed by atoms with van der Waals surface area (Å²) in [7, 11) is 2.70. The molecule has 21 heteroatoms. The van der Waals surface area contributed by atoms with Crippen LogP contribution in [0.25, 0.3) is 11.2 Å². The van der Waals surface area contributed by atoms with E-state index in [2.05, 4.69) is 46.2 Å². The van der Waals surface area contributed by atoms with Gasteiger partial charge in [-0.2, -0.15) is 23.1 Å². The SMILES string of the molecule is COC(=O)N(CCNc1nc(NC2CCCC2)ncc1N)C(C)(C)C.COC(=O)N(CCn1c(Nc2cc(Cl)cc(C(F)(F)F)c2)nc2cnc(NC3CCCC3)nc21)C(C)(C)C. The number of rotatable bonds is 13. The monoisotopic (exact) mass is 903 g/mol. The van der Waals surface area contributed by atoms with Crippen LogP contribution in [0.1, 0.15) is 98.5 Å². The van der Waals surface area contributed by atoms with Gasteiger partial charge in [0.15, 0.2) is 11.5 Å². The molecule has 2 amide bonds. The number of hydrogen-bond acceptors (Lipinski definition) is 14. The van der Waals surface area contributed by atoms with Crippen molar-refractivity contribution in [3.8, 4) is 0 Å². The van der Waals surface area contributed by atoms with Crippen molar-refractivity contribution in [2.45, 2.75) is 129 Å². The molecule has 4 aromatic rings. The third-order valence-corrected chi connectivity index (χ3v) is 11.0. The van der Waals surface area contributed by atoms with Crippen LogP contribution >= 0.6 is 11.6 Å². The molecule has 3 aromatic heterocycles. The number of nitrogens with zero attached hydrogens (tertiary/aromatic N) is 8. The van der Waals surface area contributed by atoms with Crippen LogP contribution in [-0.4, -0.2) is 108 Å². The van der Waals surface area contributed by atoms with Gasteiger partial charge < -0.3 is 46.3 Å². The van der Waals surface area contributed by atoms with Gasteiger partial charge in [0.25, 0.3) is 0 Å². The Kier molecular flexibility index (Phi) is 16.0. The van der Waals surface area contributed by atoms with Crippen molar-refractivity contribution in [3.63, 3.8) is 0 Å². The molecule has 1 aromatic carbocycles. The first-order chi connectivity index (χ1) is 29.7. The number of fused-ring (bicyclic) bond motifs is 1. The van der Waals surface area contributed by atoms with Crippen LogP contribution in [0.3, 0.4) is 0 Å². The number of nitrogens with two attached hydrogens (primary N) is 1. The molecule has 2 fully saturated rings. The second-order valence-electron chi connectivity index (χ2n) is 17.6. The standard InChI is InChI=1S/C25H31ClF3N7O2.C17H30N6O2/c1-24(2,3)36(23(37)38-4)10-9-35-20-19(14-30-21(34-20)31-17-7-5-6-8-17)33-22(35)32-18-12-15(25(27,28)29)11-16(26)13-18;1-17(2,3)23(16(24)25-4)10-9-19-14-13(18)11-20-15(22-14)21-12-7-5-6-8-12/h11-14,17H,5-10H2,1-4H3,(H,32,33)(H,30,31,34);11-12H,5-10,18H2,1-4H3,(H2,19,20,21,22). The molecule has 2 aliphatic rings. The van der Waals surface area contributed by atoms with E-state index in [-0.39, 0.29) is 47.4 Å². The number of ether oxygens (including phenoxy) is 2. The van der Waals surface area contributed by atoms with Crippen molar-refractivity contribution in [2.75, 3.05) is 60.9 Å². The number of anilines is 6. The molecule has 0 saturated heterocycles. The van der Waals surface area contributed by atoms with Crippen molar-refractivity contribution in [3.05, 3.63) is 41.2 Å². The Labute approximate surface area is 371 Å². The average Bonchev–Trinajstić information content (AvgIpc) is 3.99. The number of amides is 2. The van der Waals surface area contributed by atoms with Gasteiger partial charge in [-0.05, 0) is 85.4 Å². The molecule has 3 heterocycles. The van der Waals surface area contributed by atoms with Crippen molar-refractivity contribution >= 4 is 70.0 Å². The van der Waals surface area contributed by atoms with Crippen molar-refractivity contribution < 1.29 is 32.2 Å². The van der Waals surface area contributed by atoms with Gasteiger partial charge in [-0.3, -0.25) is 4.57 Å². The number of carbonyl (C=O) groups excluding carboxylic acids is 2. The highest BCUT2D eigenvalue weighted by Gasteiger charge is 2.32. The predicted molar refractivity (Wildman–Crippen MR) is 239 cm³/mol. The first-order valence-electron chi connectivity index (χ1n) is 21.1. The molecule has 0 bridgehead atoms. The number of carbonyl (C=O) groups is 2. The van der Waals surface area contributed by atoms with Crippen LogP contribution in [0.4, 0.5) is 57.8 Å². The topological polar surface area (TPSA) is 203 Å². The van der Waals surface area contributed by atoms with Crippen LogP contribution < -0.4 is 27.0 Å². The normalized spacial score (nSPS) is 14.8. The van der Waals surface area contributed by atoms with E-state index < -0.39 is 23.4 Å². The Balaban J connectivity index is 0.000000260. The first kappa shape index (κ1) is 48.5. The van der Waals surface area contributed by atoms with Crippen molar-refractivity contribution in [2.24, 2.45) is 0 Å². The maximum Gasteiger partial charge on any atom is 0.416 e. The zero-order valence-electron chi connectivity index (χ0n) is 37.3. The van der Waals surface area contributed by atoms with Gasteiger partial charge in [0.1, 0.15) is 5.52 Å². The summed E-state index contributed by atoms with van der Waals surface area (Å²) >= 11 is 5.99. The Morgan fingerprint density at radius 1 is 0.810 bits per heavy atom. The summed E-state index contributed by atoms with van der Waals surface area (Å²) in [5.74, 6) is 1.85. The second kappa shape index (κ2) is 20.8. The number of methoxy groups -OCH3 is 2. The number of alkyl halides is 3. The minimum absolute atomic E-state index is 0.0718. The van der Waals surface area contributed by atoms with Crippen LogP contribution in [0.15, 0.2) is 30.6 Å². The molecular formula is C42H61ClF3N13O4. The molecule has 346 valence electrons. The van der Waals surface area contributed by atoms with Crippen LogP contribution in [0, 0.1) is 0 Å². The van der Waals surface area contributed by atoms with Gasteiger partial charge in [0, 0.05) is 60.1 Å². The second-order valence-corrected chi connectivity index (χ2v) is 18.0. The summed E-state index contributed by atoms with van der Waals surface area (Å²) in [5.41, 5.74) is 5.71. The number of halogens is 4. The van der Waals surface area contributed by atoms with Gasteiger partial charge in [0.05, 0.1) is 37.9 Å². The zero-order valence-corrected chi connectivity index (χ0v) is 38.1. The van der Waals surface area contributed by atoms with Gasteiger partial charge in [-0.25, -0.2) is 24.5 Å². The third kappa shape index (κ3) is 13.5. The zero-order chi connectivity index (χ0) is 46.1. The number of benzene rings is 1. The molecule has 0 radical (unpaired) electrons. The molecule has 63 heavy (non-hydrogen) atoms. The highest BCUT2D eigenvalue weighted by molar-refractivity contribution is 6.31. The molecule has 2 saturated carbocycles. The van der Waals surface area contributed by atoms with Gasteiger partial charge in [-0.15, -0.1) is 0 Å². The van der Waals surface area contributed by atoms with E-state index in [1.165, 1.54) is 33.1 Å². The van der Waals surface area contributed by atoms with E-state index in [9.17, 15) is 22.8 Å². The lowest BCUT2D eigenvalue weighted by atomic mass is 10.1. The number of aromatic nitrogens is 6. The molecule has 0 spiro atoms. The molecular weight excluding hydrogens is 843 g/mol. The van der Waals surface area contributed by atoms with E-state index >= 15 is 0 Å². The van der Waals surface area contributed by atoms with Crippen LogP contribution in [0.2, 0.25) is 5.02 Å². The van der Waals surface area contributed by atoms with Gasteiger partial charge in [-0.1, -0.05) is 37.3 Å². The molecule has 0 aliphatic heterocycles. The minimum Gasteiger partial charge on any atom is -0.453 e. The molecule has 0 unspecified atom stereocenters. The van der Waals surface area contributed by atoms with Crippen LogP contribution in [-0.2, 0) is 22.2 Å². The summed E-state index contributed by atoms with van der Waals surface area (Å²) < 4.78 is 51.7. The third-order valence-electron chi connectivity index (χ3n) is 10.7. The molecule has 6 N–H and O–H groups in total. The summed E-state index contributed by atoms with van der Waals surface area (Å²) in [4.78, 5) is 50.0. The Morgan fingerprint density at radius 2 is 1.35 bits per heavy atom. The lowest BCUT2D eigenvalue weighted by molar-refractivity contribution is -0.137. The fourth-order valence-electron chi connectivity index (χ4n) is 7.47. The first-order valence-corrected chi connectivity index (χ1v) is 21.5. The van der Waals surface area contributed by atoms with E-state index in [0.717, 1.165) is 50.7 Å². The Hall–Kier alpha value is -5.53. The van der Waals surface area contributed by atoms with Crippen molar-refractivity contribution in [1.82, 2.24) is 39.3 Å². The average molecular weight is 904 g/mol. The lowest BCUT2D eigenvalue weighted by Gasteiger charge is -2.34. The molecule has 6 rings (SSSR count). The summed E-state index contributed by atoms with van der Waals surface area (Å²) in [6.07, 6.45) is 6.88. The van der Waals surface area contributed by atoms with E-state index in [4.69, 9.17) is 26.8 Å². The summed E-state index contributed by atoms with van der Waals surface area (Å²) in [6, 6.07) is 3.93. The number of nitrogens with one attached hydrogen (secondary N) is 4. The maximum absolute atomic E-state index is 13.4. The smallest absolute Gasteiger partial charge is 0.416 e. The minimum atomic E-state index is -4.57. The largest absolute Gasteiger partial charge is 0.453 e. The predicted octanol–water partition coefficient (Wildman–Crippen LogP) is 9.16. The lowest BCUT2D eigenvalue weighted by Crippen LogP contribution is -2.47. The number of hydrogen-bond donors (Lipinski definition) is 5. The highest BCUT2D eigenvalue weighted by atomic mass is 35.5. The van der Waals surface area contributed by atoms with E-state index in [0.29, 0.717) is 53.7 Å². The Morgan fingerprint density at radius 3 is 1.89 bits per heavy atom. The molecule has 17 nitrogen and oxygen atoms in total. The summed E-state index contributed by atoms with van der Waals surface area (Å²) in [5, 5.41) is 12.8. The van der Waals surface area contributed by atoms with Gasteiger partial charge in [0.2, 0.25) is 17.8 Å².